The lowest BCUT2D eigenvalue weighted by Crippen LogP contribution is -1.96. The van der Waals surface area contributed by atoms with E-state index in [1.54, 1.807) is 18.2 Å². The van der Waals surface area contributed by atoms with Gasteiger partial charge < -0.3 is 10.5 Å². The molecule has 2 aromatic carbocycles. The average Bonchev–Trinajstić information content (AvgIpc) is 2.43. The van der Waals surface area contributed by atoms with E-state index in [2.05, 4.69) is 26.0 Å². The van der Waals surface area contributed by atoms with Gasteiger partial charge in [0.1, 0.15) is 5.75 Å². The Kier molecular flexibility index (Phi) is 3.95. The Bertz CT molecular complexity index is 669. The fourth-order valence-corrected chi connectivity index (χ4v) is 1.90. The Morgan fingerprint density at radius 2 is 1.85 bits per heavy atom. The number of hydrogen-bond donors (Lipinski definition) is 1. The second kappa shape index (κ2) is 5.66. The molecule has 0 amide bonds. The van der Waals surface area contributed by atoms with Gasteiger partial charge in [-0.25, -0.2) is 0 Å². The van der Waals surface area contributed by atoms with Crippen molar-refractivity contribution in [3.63, 3.8) is 0 Å². The second-order valence-corrected chi connectivity index (χ2v) is 5.15. The summed E-state index contributed by atoms with van der Waals surface area (Å²) in [7, 11) is 0. The van der Waals surface area contributed by atoms with Crippen LogP contribution in [0.1, 0.15) is 36.5 Å². The zero-order valence-electron chi connectivity index (χ0n) is 12.0. The minimum absolute atomic E-state index is 0.431. The zero-order valence-corrected chi connectivity index (χ0v) is 12.0. The van der Waals surface area contributed by atoms with Crippen LogP contribution in [-0.4, -0.2) is 0 Å². The molecule has 0 aromatic heterocycles. The van der Waals surface area contributed by atoms with Crippen LogP contribution in [0.25, 0.3) is 0 Å². The quantitative estimate of drug-likeness (QED) is 0.839. The summed E-state index contributed by atoms with van der Waals surface area (Å²) in [5, 5.41) is 8.94. The molecule has 0 atom stereocenters. The molecule has 0 spiro atoms. The van der Waals surface area contributed by atoms with Crippen LogP contribution in [0.5, 0.6) is 11.5 Å². The third-order valence-corrected chi connectivity index (χ3v) is 3.24. The third kappa shape index (κ3) is 2.92. The maximum Gasteiger partial charge on any atom is 0.151 e. The fraction of sp³-hybridized carbons (Fsp3) is 0.235. The third-order valence-electron chi connectivity index (χ3n) is 3.24. The summed E-state index contributed by atoms with van der Waals surface area (Å²) >= 11 is 0. The standard InChI is InChI=1S/C17H18N2O/c1-11(2)14-6-4-12(3)16(9-14)20-17-8-13(10-18)5-7-15(17)19/h4-9,11H,19H2,1-3H3. The van der Waals surface area contributed by atoms with Crippen LogP contribution in [0.2, 0.25) is 0 Å². The predicted octanol–water partition coefficient (Wildman–Crippen LogP) is 4.36. The molecule has 20 heavy (non-hydrogen) atoms. The number of nitrogen functional groups attached to an aromatic ring is 1. The van der Waals surface area contributed by atoms with Gasteiger partial charge in [0, 0.05) is 6.07 Å². The maximum atomic E-state index is 8.94. The van der Waals surface area contributed by atoms with Crippen LogP contribution in [0.3, 0.4) is 0 Å². The van der Waals surface area contributed by atoms with Gasteiger partial charge in [-0.3, -0.25) is 0 Å². The largest absolute Gasteiger partial charge is 0.455 e. The van der Waals surface area contributed by atoms with E-state index in [4.69, 9.17) is 15.7 Å². The van der Waals surface area contributed by atoms with Crippen molar-refractivity contribution in [3.8, 4) is 17.6 Å². The first-order chi connectivity index (χ1) is 9.51. The lowest BCUT2D eigenvalue weighted by molar-refractivity contribution is 0.480. The van der Waals surface area contributed by atoms with E-state index in [-0.39, 0.29) is 0 Å². The molecule has 0 aliphatic rings. The van der Waals surface area contributed by atoms with Gasteiger partial charge >= 0.3 is 0 Å². The van der Waals surface area contributed by atoms with Gasteiger partial charge in [-0.15, -0.1) is 0 Å². The van der Waals surface area contributed by atoms with E-state index in [0.29, 0.717) is 22.9 Å². The Hall–Kier alpha value is -2.47. The lowest BCUT2D eigenvalue weighted by Gasteiger charge is -2.14. The lowest BCUT2D eigenvalue weighted by atomic mass is 10.0. The predicted molar refractivity (Wildman–Crippen MR) is 80.9 cm³/mol. The number of aryl methyl sites for hydroxylation is 1. The first-order valence-corrected chi connectivity index (χ1v) is 6.59. The molecule has 0 radical (unpaired) electrons. The molecule has 0 bridgehead atoms. The number of hydrogen-bond acceptors (Lipinski definition) is 3. The smallest absolute Gasteiger partial charge is 0.151 e. The van der Waals surface area contributed by atoms with Crippen LogP contribution in [-0.2, 0) is 0 Å². The van der Waals surface area contributed by atoms with Crippen molar-refractivity contribution in [2.24, 2.45) is 0 Å². The first kappa shape index (κ1) is 14.0. The van der Waals surface area contributed by atoms with Crippen molar-refractivity contribution < 1.29 is 4.74 Å². The number of nitrogens with zero attached hydrogens (tertiary/aromatic N) is 1. The monoisotopic (exact) mass is 266 g/mol. The highest BCUT2D eigenvalue weighted by atomic mass is 16.5. The molecular formula is C17H18N2O. The topological polar surface area (TPSA) is 59.0 Å². The number of rotatable bonds is 3. The molecular weight excluding hydrogens is 248 g/mol. The molecule has 3 nitrogen and oxygen atoms in total. The van der Waals surface area contributed by atoms with E-state index in [1.807, 2.05) is 19.1 Å². The molecule has 102 valence electrons. The summed E-state index contributed by atoms with van der Waals surface area (Å²) < 4.78 is 5.90. The maximum absolute atomic E-state index is 8.94. The van der Waals surface area contributed by atoms with Crippen molar-refractivity contribution in [1.82, 2.24) is 0 Å². The van der Waals surface area contributed by atoms with E-state index in [0.717, 1.165) is 11.3 Å². The minimum Gasteiger partial charge on any atom is -0.455 e. The molecule has 0 unspecified atom stereocenters. The Balaban J connectivity index is 2.39. The van der Waals surface area contributed by atoms with Gasteiger partial charge in [0.2, 0.25) is 0 Å². The summed E-state index contributed by atoms with van der Waals surface area (Å²) in [6.45, 7) is 6.27. The number of benzene rings is 2. The molecule has 0 heterocycles. The Morgan fingerprint density at radius 1 is 1.10 bits per heavy atom. The van der Waals surface area contributed by atoms with Crippen molar-refractivity contribution in [3.05, 3.63) is 53.1 Å². The second-order valence-electron chi connectivity index (χ2n) is 5.15. The van der Waals surface area contributed by atoms with Gasteiger partial charge in [0.25, 0.3) is 0 Å². The normalized spacial score (nSPS) is 10.3. The van der Waals surface area contributed by atoms with Crippen molar-refractivity contribution in [1.29, 1.82) is 5.26 Å². The molecule has 0 saturated heterocycles. The Labute approximate surface area is 119 Å². The highest BCUT2D eigenvalue weighted by Crippen LogP contribution is 2.32. The van der Waals surface area contributed by atoms with Crippen LogP contribution >= 0.6 is 0 Å². The molecule has 2 aromatic rings. The number of ether oxygens (including phenoxy) is 1. The van der Waals surface area contributed by atoms with Gasteiger partial charge in [-0.05, 0) is 42.2 Å². The molecule has 0 aliphatic carbocycles. The molecule has 0 saturated carbocycles. The molecule has 3 heteroatoms. The highest BCUT2D eigenvalue weighted by Gasteiger charge is 2.08. The SMILES string of the molecule is Cc1ccc(C(C)C)cc1Oc1cc(C#N)ccc1N. The van der Waals surface area contributed by atoms with Crippen LogP contribution in [0.15, 0.2) is 36.4 Å². The molecule has 2 N–H and O–H groups in total. The van der Waals surface area contributed by atoms with Gasteiger partial charge in [0.15, 0.2) is 5.75 Å². The molecule has 0 fully saturated rings. The van der Waals surface area contributed by atoms with Crippen molar-refractivity contribution in [2.45, 2.75) is 26.7 Å². The van der Waals surface area contributed by atoms with Gasteiger partial charge in [-0.2, -0.15) is 5.26 Å². The average molecular weight is 266 g/mol. The van der Waals surface area contributed by atoms with Crippen LogP contribution < -0.4 is 10.5 Å². The zero-order chi connectivity index (χ0) is 14.7. The van der Waals surface area contributed by atoms with E-state index < -0.39 is 0 Å². The summed E-state index contributed by atoms with van der Waals surface area (Å²) in [6, 6.07) is 13.3. The van der Waals surface area contributed by atoms with Crippen LogP contribution in [0, 0.1) is 18.3 Å². The number of nitrogens with two attached hydrogens (primary N) is 1. The summed E-state index contributed by atoms with van der Waals surface area (Å²) in [5.74, 6) is 1.73. The number of anilines is 1. The van der Waals surface area contributed by atoms with E-state index in [9.17, 15) is 0 Å². The summed E-state index contributed by atoms with van der Waals surface area (Å²) in [6.07, 6.45) is 0. The fourth-order valence-electron chi connectivity index (χ4n) is 1.90. The van der Waals surface area contributed by atoms with Crippen molar-refractivity contribution in [2.75, 3.05) is 5.73 Å². The summed E-state index contributed by atoms with van der Waals surface area (Å²) in [4.78, 5) is 0. The van der Waals surface area contributed by atoms with Crippen LogP contribution in [0.4, 0.5) is 5.69 Å². The Morgan fingerprint density at radius 3 is 2.50 bits per heavy atom. The summed E-state index contributed by atoms with van der Waals surface area (Å²) in [5.41, 5.74) is 9.21. The minimum atomic E-state index is 0.431. The first-order valence-electron chi connectivity index (χ1n) is 6.59. The van der Waals surface area contributed by atoms with E-state index >= 15 is 0 Å². The van der Waals surface area contributed by atoms with Gasteiger partial charge in [0.05, 0.1) is 17.3 Å². The van der Waals surface area contributed by atoms with E-state index in [1.165, 1.54) is 5.56 Å². The molecule has 0 aliphatic heterocycles. The molecule has 2 rings (SSSR count). The highest BCUT2D eigenvalue weighted by molar-refractivity contribution is 5.58. The number of nitriles is 1. The van der Waals surface area contributed by atoms with Crippen molar-refractivity contribution >= 4 is 5.69 Å². The van der Waals surface area contributed by atoms with Gasteiger partial charge in [-0.1, -0.05) is 26.0 Å².